The van der Waals surface area contributed by atoms with E-state index in [1.807, 2.05) is 0 Å². The Labute approximate surface area is 191 Å². The van der Waals surface area contributed by atoms with Gasteiger partial charge in [-0.15, -0.1) is 0 Å². The van der Waals surface area contributed by atoms with Crippen molar-refractivity contribution in [1.29, 1.82) is 0 Å². The number of fused-ring (bicyclic) bond motifs is 1. The zero-order chi connectivity index (χ0) is 23.3. The molecule has 4 rings (SSSR count). The second-order valence-electron chi connectivity index (χ2n) is 6.88. The Bertz CT molecular complexity index is 1400. The van der Waals surface area contributed by atoms with Gasteiger partial charge >= 0.3 is 6.18 Å². The van der Waals surface area contributed by atoms with E-state index in [4.69, 9.17) is 23.2 Å². The Hall–Kier alpha value is -2.52. The molecule has 0 amide bonds. The van der Waals surface area contributed by atoms with Gasteiger partial charge in [0.2, 0.25) is 0 Å². The number of aliphatic hydroxyl groups is 1. The van der Waals surface area contributed by atoms with E-state index in [0.29, 0.717) is 0 Å². The molecule has 10 heteroatoms. The van der Waals surface area contributed by atoms with E-state index in [-0.39, 0.29) is 37.1 Å². The van der Waals surface area contributed by atoms with Gasteiger partial charge in [-0.1, -0.05) is 47.5 Å². The average Bonchev–Trinajstić information content (AvgIpc) is 3.13. The lowest BCUT2D eigenvalue weighted by Crippen LogP contribution is -2.18. The van der Waals surface area contributed by atoms with E-state index >= 15 is 0 Å². The molecule has 1 heterocycles. The molecule has 1 radical (unpaired) electrons. The lowest BCUT2D eigenvalue weighted by Gasteiger charge is -2.18. The standard InChI is InChI=1S/C22H13Cl2F3NO3S/c23-16-7-4-8-17(24)20(16)21(29)19-12-13-11-14(22(25,26)27)9-10-18(13)28(19)32(30,31)15-5-2-1-3-6-15/h1-7,9-12,21,29H. The molecule has 0 saturated carbocycles. The summed E-state index contributed by atoms with van der Waals surface area (Å²) in [6.45, 7) is 0. The topological polar surface area (TPSA) is 59.3 Å². The third kappa shape index (κ3) is 3.88. The lowest BCUT2D eigenvalue weighted by atomic mass is 10.1. The third-order valence-corrected chi connectivity index (χ3v) is 7.28. The zero-order valence-electron chi connectivity index (χ0n) is 15.9. The second kappa shape index (κ2) is 8.12. The van der Waals surface area contributed by atoms with E-state index in [9.17, 15) is 26.7 Å². The fraction of sp³-hybridized carbons (Fsp3) is 0.0909. The Morgan fingerprint density at radius 3 is 2.31 bits per heavy atom. The van der Waals surface area contributed by atoms with Gasteiger partial charge in [-0.3, -0.25) is 0 Å². The predicted molar refractivity (Wildman–Crippen MR) is 115 cm³/mol. The van der Waals surface area contributed by atoms with Crippen molar-refractivity contribution in [2.45, 2.75) is 17.2 Å². The lowest BCUT2D eigenvalue weighted by molar-refractivity contribution is -0.137. The van der Waals surface area contributed by atoms with E-state index < -0.39 is 27.9 Å². The van der Waals surface area contributed by atoms with Crippen molar-refractivity contribution in [3.05, 3.63) is 99.7 Å². The van der Waals surface area contributed by atoms with Crippen LogP contribution in [0.2, 0.25) is 10.0 Å². The first-order valence-electron chi connectivity index (χ1n) is 9.08. The number of halogens is 5. The minimum Gasteiger partial charge on any atom is -0.382 e. The average molecular weight is 499 g/mol. The molecule has 0 bridgehead atoms. The first-order chi connectivity index (χ1) is 15.0. The molecule has 0 aliphatic carbocycles. The quantitative estimate of drug-likeness (QED) is 0.370. The van der Waals surface area contributed by atoms with Crippen molar-refractivity contribution >= 4 is 44.1 Å². The normalized spacial score (nSPS) is 13.4. The zero-order valence-corrected chi connectivity index (χ0v) is 18.3. The predicted octanol–water partition coefficient (Wildman–Crippen LogP) is 6.09. The highest BCUT2D eigenvalue weighted by Crippen LogP contribution is 2.39. The number of rotatable bonds is 4. The summed E-state index contributed by atoms with van der Waals surface area (Å²) >= 11 is 12.3. The van der Waals surface area contributed by atoms with Crippen molar-refractivity contribution in [2.24, 2.45) is 0 Å². The van der Waals surface area contributed by atoms with Crippen LogP contribution in [-0.2, 0) is 16.2 Å². The number of aromatic nitrogens is 1. The van der Waals surface area contributed by atoms with Crippen LogP contribution in [0.15, 0.2) is 71.6 Å². The third-order valence-electron chi connectivity index (χ3n) is 4.88. The van der Waals surface area contributed by atoms with Gasteiger partial charge < -0.3 is 5.11 Å². The maximum absolute atomic E-state index is 13.5. The molecule has 1 N–H and O–H groups in total. The highest BCUT2D eigenvalue weighted by atomic mass is 35.5. The van der Waals surface area contributed by atoms with Crippen LogP contribution in [0.3, 0.4) is 0 Å². The Morgan fingerprint density at radius 2 is 1.69 bits per heavy atom. The van der Waals surface area contributed by atoms with Gasteiger partial charge in [0.05, 0.1) is 26.7 Å². The Balaban J connectivity index is 2.04. The molecule has 1 aromatic heterocycles. The molecule has 3 aromatic carbocycles. The van der Waals surface area contributed by atoms with Gasteiger partial charge in [-0.25, -0.2) is 12.4 Å². The maximum atomic E-state index is 13.5. The largest absolute Gasteiger partial charge is 0.416 e. The molecule has 1 atom stereocenters. The van der Waals surface area contributed by atoms with Crippen LogP contribution in [-0.4, -0.2) is 17.5 Å². The van der Waals surface area contributed by atoms with Crippen molar-refractivity contribution in [3.63, 3.8) is 0 Å². The van der Waals surface area contributed by atoms with Crippen LogP contribution >= 0.6 is 23.2 Å². The number of benzene rings is 3. The molecular formula is C22H13Cl2F3NO3S. The van der Waals surface area contributed by atoms with Gasteiger partial charge in [0, 0.05) is 22.0 Å². The molecule has 0 saturated heterocycles. The van der Waals surface area contributed by atoms with Gasteiger partial charge in [0.15, 0.2) is 0 Å². The Kier molecular flexibility index (Phi) is 5.75. The molecule has 32 heavy (non-hydrogen) atoms. The molecule has 4 nitrogen and oxygen atoms in total. The highest BCUT2D eigenvalue weighted by Gasteiger charge is 2.33. The summed E-state index contributed by atoms with van der Waals surface area (Å²) in [5, 5.41) is 11.1. The summed E-state index contributed by atoms with van der Waals surface area (Å²) in [5.74, 6) is 0. The Morgan fingerprint density at radius 1 is 1.00 bits per heavy atom. The fourth-order valence-electron chi connectivity index (χ4n) is 3.40. The molecule has 0 fully saturated rings. The summed E-state index contributed by atoms with van der Waals surface area (Å²) in [4.78, 5) is -0.109. The monoisotopic (exact) mass is 498 g/mol. The summed E-state index contributed by atoms with van der Waals surface area (Å²) in [6.07, 6.45) is -6.29. The van der Waals surface area contributed by atoms with E-state index in [1.54, 1.807) is 6.07 Å². The summed E-state index contributed by atoms with van der Waals surface area (Å²) in [6, 6.07) is 16.7. The molecule has 4 aromatic rings. The van der Waals surface area contributed by atoms with Gasteiger partial charge in [0.25, 0.3) is 10.0 Å². The highest BCUT2D eigenvalue weighted by molar-refractivity contribution is 7.90. The minimum atomic E-state index is -4.63. The number of hydrogen-bond acceptors (Lipinski definition) is 3. The number of aliphatic hydroxyl groups excluding tert-OH is 1. The van der Waals surface area contributed by atoms with Crippen LogP contribution in [0, 0.1) is 6.07 Å². The van der Waals surface area contributed by atoms with Crippen LogP contribution < -0.4 is 0 Å². The molecule has 0 aliphatic heterocycles. The van der Waals surface area contributed by atoms with Crippen molar-refractivity contribution < 1.29 is 26.7 Å². The maximum Gasteiger partial charge on any atom is 0.416 e. The van der Waals surface area contributed by atoms with Gasteiger partial charge in [-0.2, -0.15) is 13.2 Å². The minimum absolute atomic E-state index is 0.0146. The molecule has 0 aliphatic rings. The molecular weight excluding hydrogens is 486 g/mol. The SMILES string of the molecule is O=S(=O)(c1ccccc1)n1c(C(O)c2c(Cl)[c]ccc2Cl)cc2cc(C(F)(F)F)ccc21. The molecule has 165 valence electrons. The number of nitrogens with zero attached hydrogens (tertiary/aromatic N) is 1. The number of alkyl halides is 3. The summed E-state index contributed by atoms with van der Waals surface area (Å²) < 4.78 is 67.5. The van der Waals surface area contributed by atoms with E-state index in [0.717, 1.165) is 22.2 Å². The van der Waals surface area contributed by atoms with E-state index in [2.05, 4.69) is 6.07 Å². The van der Waals surface area contributed by atoms with Crippen molar-refractivity contribution in [2.75, 3.05) is 0 Å². The summed E-state index contributed by atoms with van der Waals surface area (Å²) in [7, 11) is -4.30. The first-order valence-corrected chi connectivity index (χ1v) is 11.3. The van der Waals surface area contributed by atoms with Crippen LogP contribution in [0.1, 0.15) is 22.9 Å². The van der Waals surface area contributed by atoms with Crippen LogP contribution in [0.5, 0.6) is 0 Å². The van der Waals surface area contributed by atoms with Crippen molar-refractivity contribution in [3.8, 4) is 0 Å². The molecule has 0 spiro atoms. The number of hydrogen-bond donors (Lipinski definition) is 1. The van der Waals surface area contributed by atoms with E-state index in [1.165, 1.54) is 42.5 Å². The fourth-order valence-corrected chi connectivity index (χ4v) is 5.55. The van der Waals surface area contributed by atoms with Gasteiger partial charge in [-0.05, 0) is 42.5 Å². The smallest absolute Gasteiger partial charge is 0.382 e. The van der Waals surface area contributed by atoms with Crippen LogP contribution in [0.25, 0.3) is 10.9 Å². The van der Waals surface area contributed by atoms with Gasteiger partial charge in [0.1, 0.15) is 6.10 Å². The molecule has 1 unspecified atom stereocenters. The summed E-state index contributed by atoms with van der Waals surface area (Å²) in [5.41, 5.74) is -1.22. The van der Waals surface area contributed by atoms with Crippen LogP contribution in [0.4, 0.5) is 13.2 Å². The first kappa shape index (κ1) is 22.7. The second-order valence-corrected chi connectivity index (χ2v) is 9.45. The van der Waals surface area contributed by atoms with Crippen molar-refractivity contribution in [1.82, 2.24) is 3.97 Å².